The first-order valence-corrected chi connectivity index (χ1v) is 12.3. The van der Waals surface area contributed by atoms with Crippen molar-refractivity contribution in [2.24, 2.45) is 0 Å². The van der Waals surface area contributed by atoms with Gasteiger partial charge in [0.05, 0.1) is 16.8 Å². The number of anilines is 1. The highest BCUT2D eigenvalue weighted by Gasteiger charge is 2.31. The fraction of sp³-hybridized carbons (Fsp3) is 0.0968. The molecule has 0 aliphatic rings. The van der Waals surface area contributed by atoms with E-state index in [1.807, 2.05) is 36.4 Å². The van der Waals surface area contributed by atoms with Crippen LogP contribution in [0.15, 0.2) is 103 Å². The summed E-state index contributed by atoms with van der Waals surface area (Å²) in [5.41, 5.74) is 2.55. The van der Waals surface area contributed by atoms with Crippen molar-refractivity contribution >= 4 is 11.6 Å². The van der Waals surface area contributed by atoms with Gasteiger partial charge in [0.2, 0.25) is 5.88 Å². The van der Waals surface area contributed by atoms with Crippen LogP contribution in [0.2, 0.25) is 0 Å². The number of hydrogen-bond donors (Lipinski definition) is 1. The number of nitrogens with one attached hydrogen (secondary N) is 1. The average molecular weight is 541 g/mol. The third-order valence-electron chi connectivity index (χ3n) is 6.05. The Morgan fingerprint density at radius 2 is 1.70 bits per heavy atom. The maximum atomic E-state index is 13.0. The van der Waals surface area contributed by atoms with Crippen molar-refractivity contribution in [3.8, 4) is 22.9 Å². The van der Waals surface area contributed by atoms with Crippen LogP contribution >= 0.6 is 0 Å². The first-order valence-electron chi connectivity index (χ1n) is 12.3. The summed E-state index contributed by atoms with van der Waals surface area (Å²) in [5.74, 6) is 0.850. The van der Waals surface area contributed by atoms with Crippen LogP contribution in [-0.4, -0.2) is 20.9 Å². The van der Waals surface area contributed by atoms with E-state index < -0.39 is 17.6 Å². The molecular weight excluding hydrogens is 517 g/mol. The molecule has 0 bridgehead atoms. The number of alkyl halides is 3. The van der Waals surface area contributed by atoms with Gasteiger partial charge < -0.3 is 10.1 Å². The number of hydrogen-bond acceptors (Lipinski definition) is 5. The number of pyridine rings is 1. The fourth-order valence-corrected chi connectivity index (χ4v) is 4.07. The lowest BCUT2D eigenvalue weighted by molar-refractivity contribution is -0.137. The van der Waals surface area contributed by atoms with E-state index in [0.717, 1.165) is 17.7 Å². The summed E-state index contributed by atoms with van der Waals surface area (Å²) in [4.78, 5) is 26.1. The van der Waals surface area contributed by atoms with Crippen LogP contribution in [0.25, 0.3) is 11.3 Å². The van der Waals surface area contributed by atoms with Crippen LogP contribution < -0.4 is 10.1 Å². The van der Waals surface area contributed by atoms with E-state index in [1.54, 1.807) is 49.6 Å². The second kappa shape index (κ2) is 11.4. The Bertz CT molecular complexity index is 1660. The minimum Gasteiger partial charge on any atom is -0.438 e. The summed E-state index contributed by atoms with van der Waals surface area (Å²) in [5, 5.41) is 2.64. The molecule has 1 N–H and O–H groups in total. The number of halogens is 3. The highest BCUT2D eigenvalue weighted by atomic mass is 19.4. The Morgan fingerprint density at radius 1 is 0.875 bits per heavy atom. The lowest BCUT2D eigenvalue weighted by Gasteiger charge is -2.14. The summed E-state index contributed by atoms with van der Waals surface area (Å²) in [6, 6.07) is 24.6. The number of ether oxygens (including phenoxy) is 1. The van der Waals surface area contributed by atoms with Gasteiger partial charge in [-0.05, 0) is 72.6 Å². The molecule has 0 spiro atoms. The van der Waals surface area contributed by atoms with E-state index in [0.29, 0.717) is 46.4 Å². The van der Waals surface area contributed by atoms with E-state index >= 15 is 0 Å². The zero-order valence-corrected chi connectivity index (χ0v) is 21.3. The molecule has 2 heterocycles. The standard InChI is InChI=1S/C31H23F3N4O2/c1-20-17-24(37-29(39)22-9-5-10-23(19-22)31(32,33)34)12-13-27(20)40-30-25(11-6-15-36-30)26-14-16-35-28(38-26)18-21-7-3-2-4-8-21/h2-17,19H,18H2,1H3,(H,37,39). The zero-order valence-electron chi connectivity index (χ0n) is 21.3. The van der Waals surface area contributed by atoms with Crippen molar-refractivity contribution in [1.82, 2.24) is 15.0 Å². The molecule has 3 aromatic carbocycles. The minimum atomic E-state index is -4.54. The fourth-order valence-electron chi connectivity index (χ4n) is 4.07. The summed E-state index contributed by atoms with van der Waals surface area (Å²) in [6.45, 7) is 1.79. The molecule has 6 nitrogen and oxygen atoms in total. The average Bonchev–Trinajstić information content (AvgIpc) is 2.95. The highest BCUT2D eigenvalue weighted by Crippen LogP contribution is 2.33. The van der Waals surface area contributed by atoms with Gasteiger partial charge in [-0.1, -0.05) is 36.4 Å². The Labute approximate surface area is 228 Å². The number of benzene rings is 3. The van der Waals surface area contributed by atoms with Crippen LogP contribution in [0, 0.1) is 6.92 Å². The van der Waals surface area contributed by atoms with Gasteiger partial charge in [-0.3, -0.25) is 4.79 Å². The lowest BCUT2D eigenvalue weighted by atomic mass is 10.1. The molecule has 200 valence electrons. The van der Waals surface area contributed by atoms with Gasteiger partial charge in [0, 0.05) is 30.1 Å². The molecule has 0 saturated heterocycles. The maximum Gasteiger partial charge on any atom is 0.416 e. The largest absolute Gasteiger partial charge is 0.438 e. The van der Waals surface area contributed by atoms with E-state index in [1.165, 1.54) is 12.1 Å². The maximum absolute atomic E-state index is 13.0. The molecular formula is C31H23F3N4O2. The van der Waals surface area contributed by atoms with Crippen LogP contribution in [0.1, 0.15) is 32.9 Å². The Morgan fingerprint density at radius 3 is 2.48 bits per heavy atom. The number of aromatic nitrogens is 3. The summed E-state index contributed by atoms with van der Waals surface area (Å²) >= 11 is 0. The van der Waals surface area contributed by atoms with Gasteiger partial charge in [0.15, 0.2) is 0 Å². The second-order valence-corrected chi connectivity index (χ2v) is 8.99. The third kappa shape index (κ3) is 6.32. The van der Waals surface area contributed by atoms with Gasteiger partial charge in [-0.25, -0.2) is 15.0 Å². The topological polar surface area (TPSA) is 77.0 Å². The smallest absolute Gasteiger partial charge is 0.416 e. The number of rotatable bonds is 7. The van der Waals surface area contributed by atoms with Gasteiger partial charge in [-0.15, -0.1) is 0 Å². The Balaban J connectivity index is 1.33. The monoisotopic (exact) mass is 540 g/mol. The van der Waals surface area contributed by atoms with Crippen molar-refractivity contribution < 1.29 is 22.7 Å². The van der Waals surface area contributed by atoms with Crippen LogP contribution in [-0.2, 0) is 12.6 Å². The molecule has 9 heteroatoms. The molecule has 0 radical (unpaired) electrons. The lowest BCUT2D eigenvalue weighted by Crippen LogP contribution is -2.14. The minimum absolute atomic E-state index is 0.0950. The molecule has 0 aliphatic carbocycles. The number of aryl methyl sites for hydroxylation is 1. The van der Waals surface area contributed by atoms with Crippen LogP contribution in [0.4, 0.5) is 18.9 Å². The van der Waals surface area contributed by atoms with Crippen molar-refractivity contribution in [2.75, 3.05) is 5.32 Å². The first-order chi connectivity index (χ1) is 19.3. The molecule has 0 atom stereocenters. The van der Waals surface area contributed by atoms with E-state index in [9.17, 15) is 18.0 Å². The second-order valence-electron chi connectivity index (χ2n) is 8.99. The number of amides is 1. The number of nitrogens with zero attached hydrogens (tertiary/aromatic N) is 3. The molecule has 40 heavy (non-hydrogen) atoms. The van der Waals surface area contributed by atoms with Gasteiger partial charge in [-0.2, -0.15) is 13.2 Å². The first kappa shape index (κ1) is 26.6. The van der Waals surface area contributed by atoms with Crippen LogP contribution in [0.5, 0.6) is 11.6 Å². The number of carbonyl (C=O) groups excluding carboxylic acids is 1. The quantitative estimate of drug-likeness (QED) is 0.231. The van der Waals surface area contributed by atoms with E-state index in [2.05, 4.69) is 15.3 Å². The molecule has 0 aliphatic heterocycles. The molecule has 0 saturated carbocycles. The zero-order chi connectivity index (χ0) is 28.1. The van der Waals surface area contributed by atoms with Gasteiger partial charge in [0.1, 0.15) is 11.6 Å². The predicted molar refractivity (Wildman–Crippen MR) is 145 cm³/mol. The third-order valence-corrected chi connectivity index (χ3v) is 6.05. The Hall–Kier alpha value is -5.05. The van der Waals surface area contributed by atoms with Gasteiger partial charge >= 0.3 is 6.18 Å². The SMILES string of the molecule is Cc1cc(NC(=O)c2cccc(C(F)(F)F)c2)ccc1Oc1ncccc1-c1ccnc(Cc2ccccc2)n1. The highest BCUT2D eigenvalue weighted by molar-refractivity contribution is 6.04. The summed E-state index contributed by atoms with van der Waals surface area (Å²) in [7, 11) is 0. The molecule has 0 unspecified atom stereocenters. The molecule has 0 fully saturated rings. The normalized spacial score (nSPS) is 11.2. The van der Waals surface area contributed by atoms with Crippen molar-refractivity contribution in [1.29, 1.82) is 0 Å². The van der Waals surface area contributed by atoms with Gasteiger partial charge in [0.25, 0.3) is 5.91 Å². The van der Waals surface area contributed by atoms with E-state index in [-0.39, 0.29) is 5.56 Å². The molecule has 2 aromatic heterocycles. The molecule has 5 rings (SSSR count). The van der Waals surface area contributed by atoms with Crippen LogP contribution in [0.3, 0.4) is 0 Å². The van der Waals surface area contributed by atoms with Crippen molar-refractivity contribution in [3.63, 3.8) is 0 Å². The van der Waals surface area contributed by atoms with Crippen molar-refractivity contribution in [3.05, 3.63) is 131 Å². The summed E-state index contributed by atoms with van der Waals surface area (Å²) in [6.07, 6.45) is -0.641. The molecule has 5 aromatic rings. The Kier molecular flexibility index (Phi) is 7.54. The van der Waals surface area contributed by atoms with Crippen molar-refractivity contribution in [2.45, 2.75) is 19.5 Å². The molecule has 1 amide bonds. The summed E-state index contributed by atoms with van der Waals surface area (Å²) < 4.78 is 45.2. The van der Waals surface area contributed by atoms with E-state index in [4.69, 9.17) is 9.72 Å². The number of carbonyl (C=O) groups is 1. The predicted octanol–water partition coefficient (Wildman–Crippen LogP) is 7.50.